The molecule has 7 nitrogen and oxygen atoms in total. The molecule has 39 heavy (non-hydrogen) atoms. The van der Waals surface area contributed by atoms with Crippen LogP contribution in [0.15, 0.2) is 0 Å². The molecule has 0 aromatic heterocycles. The summed E-state index contributed by atoms with van der Waals surface area (Å²) in [6.45, 7) is 14.4. The third-order valence-corrected chi connectivity index (χ3v) is 13.5. The average Bonchev–Trinajstić information content (AvgIpc) is 3.48. The number of nitrogens with one attached hydrogen (secondary N) is 1. The van der Waals surface area contributed by atoms with E-state index in [1.807, 2.05) is 13.8 Å². The molecule has 5 saturated carbocycles. The highest BCUT2D eigenvalue weighted by molar-refractivity contribution is 5.92. The van der Waals surface area contributed by atoms with Crippen molar-refractivity contribution in [3.63, 3.8) is 0 Å². The fourth-order valence-corrected chi connectivity index (χ4v) is 11.3. The molecular weight excluding hydrogens is 492 g/mol. The number of aliphatic hydroxyl groups excluding tert-OH is 1. The van der Waals surface area contributed by atoms with Gasteiger partial charge in [-0.05, 0) is 87.6 Å². The zero-order valence-corrected chi connectivity index (χ0v) is 25.7. The normalized spacial score (nSPS) is 49.0. The number of ketones is 1. The molecule has 0 radical (unpaired) electrons. The van der Waals surface area contributed by atoms with Crippen molar-refractivity contribution >= 4 is 17.7 Å². The molecule has 1 amide bonds. The maximum atomic E-state index is 14.6. The minimum Gasteiger partial charge on any atom is -0.462 e. The van der Waals surface area contributed by atoms with Gasteiger partial charge >= 0.3 is 5.97 Å². The molecule has 2 N–H and O–H groups in total. The van der Waals surface area contributed by atoms with Gasteiger partial charge in [-0.3, -0.25) is 14.4 Å². The van der Waals surface area contributed by atoms with Crippen LogP contribution < -0.4 is 5.32 Å². The first-order chi connectivity index (χ1) is 18.1. The van der Waals surface area contributed by atoms with Crippen LogP contribution in [0, 0.1) is 50.7 Å². The van der Waals surface area contributed by atoms with Gasteiger partial charge in [0.25, 0.3) is 0 Å². The molecule has 5 rings (SSSR count). The molecule has 5 aliphatic rings. The van der Waals surface area contributed by atoms with E-state index in [0.717, 1.165) is 38.5 Å². The molecule has 2 spiro atoms. The lowest BCUT2D eigenvalue weighted by molar-refractivity contribution is -0.173. The molecule has 0 saturated heterocycles. The van der Waals surface area contributed by atoms with Gasteiger partial charge in [0.1, 0.15) is 11.9 Å². The number of rotatable bonds is 6. The fraction of sp³-hybridized carbons (Fsp3) is 0.906. The Morgan fingerprint density at radius 1 is 1.08 bits per heavy atom. The Bertz CT molecular complexity index is 1060. The predicted molar refractivity (Wildman–Crippen MR) is 150 cm³/mol. The Balaban J connectivity index is 1.53. The summed E-state index contributed by atoms with van der Waals surface area (Å²) >= 11 is 0. The van der Waals surface area contributed by atoms with Crippen LogP contribution in [0.1, 0.15) is 93.4 Å². The molecule has 0 aliphatic heterocycles. The van der Waals surface area contributed by atoms with E-state index in [1.165, 1.54) is 6.92 Å². The van der Waals surface area contributed by atoms with E-state index in [1.54, 1.807) is 0 Å². The Morgan fingerprint density at radius 2 is 1.72 bits per heavy atom. The van der Waals surface area contributed by atoms with Gasteiger partial charge in [-0.15, -0.1) is 0 Å². The van der Waals surface area contributed by atoms with Crippen molar-refractivity contribution in [3.05, 3.63) is 0 Å². The second kappa shape index (κ2) is 9.01. The van der Waals surface area contributed by atoms with Crippen molar-refractivity contribution in [1.82, 2.24) is 10.2 Å². The molecule has 0 heterocycles. The third-order valence-electron chi connectivity index (χ3n) is 13.5. The Hall–Kier alpha value is -1.47. The lowest BCUT2D eigenvalue weighted by Gasteiger charge is -2.62. The first kappa shape index (κ1) is 29.0. The van der Waals surface area contributed by atoms with Crippen molar-refractivity contribution in [1.29, 1.82) is 0 Å². The highest BCUT2D eigenvalue weighted by atomic mass is 16.5. The van der Waals surface area contributed by atoms with Gasteiger partial charge in [0, 0.05) is 48.1 Å². The van der Waals surface area contributed by atoms with Crippen molar-refractivity contribution < 1.29 is 24.2 Å². The van der Waals surface area contributed by atoms with Gasteiger partial charge in [-0.2, -0.15) is 0 Å². The fourth-order valence-electron chi connectivity index (χ4n) is 11.3. The lowest BCUT2D eigenvalue weighted by Crippen LogP contribution is -2.64. The van der Waals surface area contributed by atoms with E-state index in [-0.39, 0.29) is 82.0 Å². The number of hydrogen-bond donors (Lipinski definition) is 2. The lowest BCUT2D eigenvalue weighted by atomic mass is 9.41. The van der Waals surface area contributed by atoms with Crippen molar-refractivity contribution in [2.45, 2.75) is 112 Å². The van der Waals surface area contributed by atoms with E-state index in [9.17, 15) is 19.5 Å². The van der Waals surface area contributed by atoms with Crippen molar-refractivity contribution in [2.24, 2.45) is 50.7 Å². The highest BCUT2D eigenvalue weighted by Gasteiger charge is 2.86. The number of ether oxygens (including phenoxy) is 1. The molecule has 11 atom stereocenters. The first-order valence-corrected chi connectivity index (χ1v) is 15.3. The largest absolute Gasteiger partial charge is 0.462 e. The Morgan fingerprint density at radius 3 is 2.28 bits per heavy atom. The molecule has 0 aromatic rings. The van der Waals surface area contributed by atoms with Crippen LogP contribution >= 0.6 is 0 Å². The number of Topliss-reactive ketones (excluding diaryl/α,β-unsaturated/α-hetero) is 1. The predicted octanol–water partition coefficient (Wildman–Crippen LogP) is 4.21. The van der Waals surface area contributed by atoms with Crippen LogP contribution in [-0.4, -0.2) is 66.6 Å². The summed E-state index contributed by atoms with van der Waals surface area (Å²) in [5.74, 6) is 0.632. The minimum absolute atomic E-state index is 0.0172. The summed E-state index contributed by atoms with van der Waals surface area (Å²) in [6, 6.07) is 0.0946. The zero-order valence-electron chi connectivity index (χ0n) is 25.7. The number of nitrogens with zero attached hydrogens (tertiary/aromatic N) is 1. The summed E-state index contributed by atoms with van der Waals surface area (Å²) in [5, 5.41) is 14.1. The monoisotopic (exact) mass is 544 g/mol. The third kappa shape index (κ3) is 3.57. The molecule has 7 heteroatoms. The quantitative estimate of drug-likeness (QED) is 0.487. The SMILES string of the molecule is CC(=O)O[C@@H]1C[C@@]2(C)[C@@H]3CC[C@@H]4C5(CC[C@H](NC(=O)C(C)C)[C@@]4(C)CO)C[C@@]35C(=O)C[C@]2(C)[C@H]1[C@H](C)N(C)C. The molecule has 220 valence electrons. The van der Waals surface area contributed by atoms with Crippen LogP contribution in [-0.2, 0) is 19.1 Å². The average molecular weight is 545 g/mol. The maximum Gasteiger partial charge on any atom is 0.302 e. The molecular formula is C32H52N2O5. The van der Waals surface area contributed by atoms with E-state index in [2.05, 4.69) is 52.0 Å². The van der Waals surface area contributed by atoms with Gasteiger partial charge in [0.2, 0.25) is 5.91 Å². The van der Waals surface area contributed by atoms with E-state index < -0.39 is 5.41 Å². The number of esters is 1. The van der Waals surface area contributed by atoms with Crippen molar-refractivity contribution in [2.75, 3.05) is 20.7 Å². The number of carbonyl (C=O) groups is 3. The van der Waals surface area contributed by atoms with Gasteiger partial charge < -0.3 is 20.1 Å². The summed E-state index contributed by atoms with van der Waals surface area (Å²) in [5.41, 5.74) is -1.29. The molecule has 1 unspecified atom stereocenters. The first-order valence-electron chi connectivity index (χ1n) is 15.3. The maximum absolute atomic E-state index is 14.6. The van der Waals surface area contributed by atoms with Gasteiger partial charge in [-0.25, -0.2) is 0 Å². The number of amides is 1. The minimum atomic E-state index is -0.447. The summed E-state index contributed by atoms with van der Waals surface area (Å²) in [7, 11) is 4.15. The smallest absolute Gasteiger partial charge is 0.302 e. The second-order valence-corrected chi connectivity index (χ2v) is 15.4. The van der Waals surface area contributed by atoms with Gasteiger partial charge in [0.05, 0.1) is 6.61 Å². The van der Waals surface area contributed by atoms with E-state index in [4.69, 9.17) is 4.74 Å². The van der Waals surface area contributed by atoms with Crippen LogP contribution in [0.25, 0.3) is 0 Å². The number of hydrogen-bond acceptors (Lipinski definition) is 6. The van der Waals surface area contributed by atoms with Crippen LogP contribution in [0.4, 0.5) is 0 Å². The highest BCUT2D eigenvalue weighted by Crippen LogP contribution is 2.88. The van der Waals surface area contributed by atoms with Crippen molar-refractivity contribution in [3.8, 4) is 0 Å². The number of fused-ring (bicyclic) bond motifs is 2. The zero-order chi connectivity index (χ0) is 28.9. The van der Waals surface area contributed by atoms with E-state index >= 15 is 0 Å². The molecule has 0 bridgehead atoms. The topological polar surface area (TPSA) is 95.9 Å². The Kier molecular flexibility index (Phi) is 6.71. The Labute approximate surface area is 235 Å². The van der Waals surface area contributed by atoms with Crippen LogP contribution in [0.2, 0.25) is 0 Å². The van der Waals surface area contributed by atoms with Gasteiger partial charge in [0.15, 0.2) is 0 Å². The summed E-state index contributed by atoms with van der Waals surface area (Å²) < 4.78 is 6.05. The standard InChI is InChI=1S/C32H52N2O5/c1-18(2)27(38)33-24-12-13-31-16-32(31)23(11-10-22(31)28(24,5)17-35)29(6)14-21(39-20(4)36)26(19(3)34(8)9)30(29,7)15-25(32)37/h18-19,21-24,26,35H,10-17H2,1-9H3,(H,33,38)/t19-,21+,22-,23-,24-,26-,28-,29-,30+,31?,32-/m0/s1. The summed E-state index contributed by atoms with van der Waals surface area (Å²) in [6.07, 6.45) is 5.67. The summed E-state index contributed by atoms with van der Waals surface area (Å²) in [4.78, 5) is 41.8. The van der Waals surface area contributed by atoms with Gasteiger partial charge in [-0.1, -0.05) is 34.6 Å². The van der Waals surface area contributed by atoms with E-state index in [0.29, 0.717) is 12.2 Å². The molecule has 0 aromatic carbocycles. The van der Waals surface area contributed by atoms with Crippen LogP contribution in [0.5, 0.6) is 0 Å². The molecule has 5 fully saturated rings. The van der Waals surface area contributed by atoms with Crippen LogP contribution in [0.3, 0.4) is 0 Å². The second-order valence-electron chi connectivity index (χ2n) is 15.4. The molecule has 5 aliphatic carbocycles. The number of carbonyl (C=O) groups excluding carboxylic acids is 3. The number of aliphatic hydroxyl groups is 1.